The van der Waals surface area contributed by atoms with Crippen molar-refractivity contribution in [1.82, 2.24) is 14.6 Å². The van der Waals surface area contributed by atoms with Crippen LogP contribution in [-0.4, -0.2) is 21.1 Å². The van der Waals surface area contributed by atoms with Crippen molar-refractivity contribution < 1.29 is 4.39 Å². The van der Waals surface area contributed by atoms with Crippen LogP contribution in [0.1, 0.15) is 24.9 Å². The van der Waals surface area contributed by atoms with E-state index in [9.17, 15) is 9.18 Å². The minimum atomic E-state index is -0.233. The quantitative estimate of drug-likeness (QED) is 0.725. The van der Waals surface area contributed by atoms with E-state index in [0.717, 1.165) is 23.7 Å². The van der Waals surface area contributed by atoms with Gasteiger partial charge in [0.15, 0.2) is 0 Å². The lowest BCUT2D eigenvalue weighted by Gasteiger charge is -2.26. The molecule has 0 saturated carbocycles. The van der Waals surface area contributed by atoms with Gasteiger partial charge in [0.2, 0.25) is 10.1 Å². The summed E-state index contributed by atoms with van der Waals surface area (Å²) in [5, 5.41) is 5.17. The zero-order valence-corrected chi connectivity index (χ0v) is 13.3. The molecule has 0 spiro atoms. The van der Waals surface area contributed by atoms with Crippen molar-refractivity contribution in [3.05, 3.63) is 58.3 Å². The third-order valence-corrected chi connectivity index (χ3v) is 5.26. The standard InChI is InChI=1S/C16H15FN4OS/c1-10-6-8-20(14(10)11-3-2-4-12(17)9-11)16-19-21-13(22)5-7-18-15(21)23-16/h2-5,7,9-10,14H,6,8H2,1H3. The minimum Gasteiger partial charge on any atom is -0.339 e. The fraction of sp³-hybridized carbons (Fsp3) is 0.312. The summed E-state index contributed by atoms with van der Waals surface area (Å²) in [7, 11) is 0. The summed E-state index contributed by atoms with van der Waals surface area (Å²) >= 11 is 1.39. The van der Waals surface area contributed by atoms with Gasteiger partial charge in [-0.3, -0.25) is 4.79 Å². The zero-order chi connectivity index (χ0) is 16.0. The minimum absolute atomic E-state index is 0.0574. The SMILES string of the molecule is CC1CCN(c2nn3c(=O)ccnc3s2)C1c1cccc(F)c1. The van der Waals surface area contributed by atoms with Gasteiger partial charge in [0.05, 0.1) is 6.04 Å². The number of fused-ring (bicyclic) bond motifs is 1. The highest BCUT2D eigenvalue weighted by molar-refractivity contribution is 7.20. The summed E-state index contributed by atoms with van der Waals surface area (Å²) in [6.07, 6.45) is 2.50. The van der Waals surface area contributed by atoms with Gasteiger partial charge in [0, 0.05) is 18.8 Å². The van der Waals surface area contributed by atoms with Gasteiger partial charge in [-0.05, 0) is 30.0 Å². The second-order valence-corrected chi connectivity index (χ2v) is 6.76. The Hall–Kier alpha value is -2.28. The molecular weight excluding hydrogens is 315 g/mol. The van der Waals surface area contributed by atoms with Crippen LogP contribution in [0.3, 0.4) is 0 Å². The second kappa shape index (κ2) is 5.42. The van der Waals surface area contributed by atoms with E-state index in [2.05, 4.69) is 21.9 Å². The highest BCUT2D eigenvalue weighted by Gasteiger charge is 2.34. The number of aromatic nitrogens is 3. The van der Waals surface area contributed by atoms with E-state index < -0.39 is 0 Å². The van der Waals surface area contributed by atoms with E-state index >= 15 is 0 Å². The monoisotopic (exact) mass is 330 g/mol. The number of hydrogen-bond donors (Lipinski definition) is 0. The van der Waals surface area contributed by atoms with Gasteiger partial charge in [0.25, 0.3) is 5.56 Å². The first-order valence-corrected chi connectivity index (χ1v) is 8.32. The highest BCUT2D eigenvalue weighted by atomic mass is 32.1. The van der Waals surface area contributed by atoms with Crippen LogP contribution in [0.2, 0.25) is 0 Å². The number of halogens is 1. The predicted octanol–water partition coefficient (Wildman–Crippen LogP) is 2.88. The van der Waals surface area contributed by atoms with Crippen LogP contribution in [0.5, 0.6) is 0 Å². The van der Waals surface area contributed by atoms with Gasteiger partial charge in [-0.2, -0.15) is 4.52 Å². The molecule has 0 bridgehead atoms. The zero-order valence-electron chi connectivity index (χ0n) is 12.5. The van der Waals surface area contributed by atoms with Gasteiger partial charge >= 0.3 is 0 Å². The van der Waals surface area contributed by atoms with Crippen molar-refractivity contribution in [2.75, 3.05) is 11.4 Å². The Morgan fingerprint density at radius 3 is 3.00 bits per heavy atom. The van der Waals surface area contributed by atoms with Crippen LogP contribution in [0.15, 0.2) is 41.3 Å². The molecule has 1 aromatic carbocycles. The summed E-state index contributed by atoms with van der Waals surface area (Å²) in [5.74, 6) is 0.150. The average molecular weight is 330 g/mol. The molecular formula is C16H15FN4OS. The number of anilines is 1. The Morgan fingerprint density at radius 2 is 2.22 bits per heavy atom. The summed E-state index contributed by atoms with van der Waals surface area (Å²) in [6, 6.07) is 8.17. The maximum Gasteiger partial charge on any atom is 0.275 e. The van der Waals surface area contributed by atoms with E-state index in [-0.39, 0.29) is 17.4 Å². The molecule has 0 radical (unpaired) electrons. The number of benzene rings is 1. The van der Waals surface area contributed by atoms with Crippen LogP contribution >= 0.6 is 11.3 Å². The highest BCUT2D eigenvalue weighted by Crippen LogP contribution is 2.41. The summed E-state index contributed by atoms with van der Waals surface area (Å²) in [6.45, 7) is 2.99. The molecule has 1 aliphatic heterocycles. The maximum absolute atomic E-state index is 13.6. The molecule has 7 heteroatoms. The molecule has 4 rings (SSSR count). The van der Waals surface area contributed by atoms with Crippen LogP contribution in [0.4, 0.5) is 9.52 Å². The van der Waals surface area contributed by atoms with Crippen LogP contribution < -0.4 is 10.5 Å². The van der Waals surface area contributed by atoms with Crippen LogP contribution in [0.25, 0.3) is 4.96 Å². The van der Waals surface area contributed by atoms with E-state index in [0.29, 0.717) is 10.9 Å². The third-order valence-electron chi connectivity index (χ3n) is 4.30. The van der Waals surface area contributed by atoms with E-state index in [4.69, 9.17) is 0 Å². The van der Waals surface area contributed by atoms with Gasteiger partial charge in [-0.1, -0.05) is 30.4 Å². The first kappa shape index (κ1) is 14.3. The molecule has 0 amide bonds. The van der Waals surface area contributed by atoms with Crippen molar-refractivity contribution in [1.29, 1.82) is 0 Å². The molecule has 3 heterocycles. The number of hydrogen-bond acceptors (Lipinski definition) is 5. The molecule has 2 unspecified atom stereocenters. The van der Waals surface area contributed by atoms with Gasteiger partial charge in [0.1, 0.15) is 5.82 Å². The van der Waals surface area contributed by atoms with E-state index in [1.165, 1.54) is 34.2 Å². The topological polar surface area (TPSA) is 50.5 Å². The molecule has 1 aliphatic rings. The maximum atomic E-state index is 13.6. The molecule has 23 heavy (non-hydrogen) atoms. The third kappa shape index (κ3) is 2.41. The summed E-state index contributed by atoms with van der Waals surface area (Å²) in [5.41, 5.74) is 0.751. The number of nitrogens with zero attached hydrogens (tertiary/aromatic N) is 4. The molecule has 0 aliphatic carbocycles. The normalized spacial score (nSPS) is 21.2. The Labute approximate surface area is 136 Å². The molecule has 0 N–H and O–H groups in total. The molecule has 2 atom stereocenters. The number of rotatable bonds is 2. The Balaban J connectivity index is 1.79. The summed E-state index contributed by atoms with van der Waals surface area (Å²) in [4.78, 5) is 18.8. The fourth-order valence-corrected chi connectivity index (χ4v) is 4.15. The lowest BCUT2D eigenvalue weighted by atomic mass is 9.95. The van der Waals surface area contributed by atoms with Crippen LogP contribution in [-0.2, 0) is 0 Å². The van der Waals surface area contributed by atoms with Gasteiger partial charge < -0.3 is 4.90 Å². The molecule has 1 saturated heterocycles. The first-order valence-electron chi connectivity index (χ1n) is 7.50. The largest absolute Gasteiger partial charge is 0.339 e. The van der Waals surface area contributed by atoms with Crippen molar-refractivity contribution in [3.8, 4) is 0 Å². The Kier molecular flexibility index (Phi) is 3.37. The molecule has 5 nitrogen and oxygen atoms in total. The molecule has 3 aromatic rings. The van der Waals surface area contributed by atoms with E-state index in [1.807, 2.05) is 6.07 Å². The molecule has 2 aromatic heterocycles. The van der Waals surface area contributed by atoms with Gasteiger partial charge in [-0.15, -0.1) is 5.10 Å². The molecule has 1 fully saturated rings. The predicted molar refractivity (Wildman–Crippen MR) is 87.4 cm³/mol. The average Bonchev–Trinajstić information content (AvgIpc) is 3.11. The summed E-state index contributed by atoms with van der Waals surface area (Å²) < 4.78 is 14.9. The molecule has 118 valence electrons. The fourth-order valence-electron chi connectivity index (χ4n) is 3.21. The Morgan fingerprint density at radius 1 is 1.35 bits per heavy atom. The van der Waals surface area contributed by atoms with Crippen molar-refractivity contribution in [2.24, 2.45) is 5.92 Å². The lowest BCUT2D eigenvalue weighted by molar-refractivity contribution is 0.526. The second-order valence-electron chi connectivity index (χ2n) is 5.82. The van der Waals surface area contributed by atoms with Gasteiger partial charge in [-0.25, -0.2) is 9.37 Å². The first-order chi connectivity index (χ1) is 11.1. The Bertz CT molecular complexity index is 922. The smallest absolute Gasteiger partial charge is 0.275 e. The van der Waals surface area contributed by atoms with Crippen molar-refractivity contribution in [2.45, 2.75) is 19.4 Å². The lowest BCUT2D eigenvalue weighted by Crippen LogP contribution is -2.25. The van der Waals surface area contributed by atoms with Crippen molar-refractivity contribution in [3.63, 3.8) is 0 Å². The van der Waals surface area contributed by atoms with Crippen molar-refractivity contribution >= 4 is 21.4 Å². The van der Waals surface area contributed by atoms with E-state index in [1.54, 1.807) is 12.1 Å². The van der Waals surface area contributed by atoms with Crippen LogP contribution in [0, 0.1) is 11.7 Å².